The normalized spacial score (nSPS) is 14.2. The maximum absolute atomic E-state index is 13.4. The van der Waals surface area contributed by atoms with Crippen LogP contribution in [0, 0.1) is 21.3 Å². The molecule has 4 aliphatic heterocycles. The molecule has 0 radical (unpaired) electrons. The van der Waals surface area contributed by atoms with Crippen LogP contribution >= 0.6 is 23.5 Å². The van der Waals surface area contributed by atoms with Crippen LogP contribution in [-0.4, -0.2) is 112 Å². The van der Waals surface area contributed by atoms with Crippen LogP contribution in [-0.2, 0) is 89.5 Å². The first-order valence-corrected chi connectivity index (χ1v) is 28.4. The number of fused-ring (bicyclic) bond motifs is 12. The fraction of sp³-hybridized carbons (Fsp3) is 0.238. The van der Waals surface area contributed by atoms with Crippen molar-refractivity contribution >= 4 is 59.8 Å². The Bertz CT molecular complexity index is 3770. The number of phenols is 2. The molecule has 4 aliphatic rings. The Morgan fingerprint density at radius 1 is 0.600 bits per heavy atom. The minimum atomic E-state index is -1.42. The van der Waals surface area contributed by atoms with Crippen LogP contribution in [0.15, 0.2) is 144 Å². The van der Waals surface area contributed by atoms with Gasteiger partial charge in [0.15, 0.2) is 17.0 Å². The van der Waals surface area contributed by atoms with Crippen molar-refractivity contribution in [1.82, 2.24) is 0 Å². The highest BCUT2D eigenvalue weighted by Gasteiger charge is 2.55. The van der Waals surface area contributed by atoms with Crippen molar-refractivity contribution in [3.63, 3.8) is 0 Å². The van der Waals surface area contributed by atoms with Crippen molar-refractivity contribution in [2.75, 3.05) is 60.5 Å². The molecule has 1 atom stereocenters. The fourth-order valence-corrected chi connectivity index (χ4v) is 10.4. The predicted molar refractivity (Wildman–Crippen MR) is 312 cm³/mol. The number of methoxy groups -OCH3 is 2. The lowest BCUT2D eigenvalue weighted by atomic mass is 9.77. The average Bonchev–Trinajstić information content (AvgIpc) is 1.46. The van der Waals surface area contributed by atoms with Crippen molar-refractivity contribution in [2.24, 2.45) is 0 Å². The highest BCUT2D eigenvalue weighted by molar-refractivity contribution is 8.04. The monoisotopic (exact) mass is 1270 g/mol. The average molecular weight is 1270 g/mol. The number of nitriles is 2. The lowest BCUT2D eigenvalue weighted by Crippen LogP contribution is -2.33. The van der Waals surface area contributed by atoms with Crippen LogP contribution in [0.25, 0.3) is 0 Å². The fourth-order valence-electron chi connectivity index (χ4n) is 9.54. The number of benzene rings is 6. The van der Waals surface area contributed by atoms with Crippen molar-refractivity contribution < 1.29 is 111 Å². The number of hydrogen-bond donors (Lipinski definition) is 3. The summed E-state index contributed by atoms with van der Waals surface area (Å²) in [5, 5.41) is 49.9. The molecule has 6 aromatic carbocycles. The van der Waals surface area contributed by atoms with Gasteiger partial charge in [-0.05, 0) is 95.8 Å². The van der Waals surface area contributed by atoms with Gasteiger partial charge in [-0.1, -0.05) is 37.4 Å². The molecule has 90 heavy (non-hydrogen) atoms. The van der Waals surface area contributed by atoms with Gasteiger partial charge in [0.05, 0.1) is 43.8 Å². The minimum absolute atomic E-state index is 0.00261. The van der Waals surface area contributed by atoms with Crippen LogP contribution in [0.3, 0.4) is 0 Å². The van der Waals surface area contributed by atoms with Crippen LogP contribution < -0.4 is 14.2 Å². The Balaban J connectivity index is 0.000000216. The number of nitrogens with zero attached hydrogens (tertiary/aromatic N) is 2. The Morgan fingerprint density at radius 3 is 1.63 bits per heavy atom. The van der Waals surface area contributed by atoms with Crippen molar-refractivity contribution in [3.05, 3.63) is 184 Å². The summed E-state index contributed by atoms with van der Waals surface area (Å²) in [5.74, 6) is -1.28. The van der Waals surface area contributed by atoms with E-state index in [4.69, 9.17) is 58.2 Å². The summed E-state index contributed by atoms with van der Waals surface area (Å²) in [6.07, 6.45) is -0.542. The van der Waals surface area contributed by atoms with Gasteiger partial charge >= 0.3 is 29.8 Å². The number of ether oxygens (including phenoxy) is 11. The Hall–Kier alpha value is -10.1. The number of phenolic OH excluding ortho intramolecular Hbond substituents is 2. The molecule has 10 rings (SSSR count). The molecule has 25 nitrogen and oxygen atoms in total. The standard InChI is InChI=1S/C35H31NO13S.C21H11NO5S.C7H12O5/c1-22(49-45-14-12-42-21-37)18-43-19-23-3-6-28-30(15-23)47-31-16-24(46-33(39)10-9-32(38)44-13-11-41-2)4-7-29(31)35(28)27-8-5-25(50-20-36)17-26(27)34(40)48-35;22-10-28-13-3-6-15-14(9-13)20(25)27-21(15)16-4-1-11(23)7-18(16)26-19-8-12(24)2-5-17(19)21;1-6(12-9)5-7(8)11-4-3-10-2/h3-8,15-17,21H,1,9-14,18-19H2,2H3;1-9,23-24H;9H,1,3-5H2,2H3. The third kappa shape index (κ3) is 15.2. The number of carbonyl (C=O) groups excluding carboxylic acids is 6. The molecule has 0 amide bonds. The van der Waals surface area contributed by atoms with Crippen LogP contribution in [0.2, 0.25) is 0 Å². The molecule has 6 aromatic rings. The minimum Gasteiger partial charge on any atom is -0.508 e. The van der Waals surface area contributed by atoms with Gasteiger partial charge in [-0.3, -0.25) is 19.2 Å². The van der Waals surface area contributed by atoms with Gasteiger partial charge in [-0.2, -0.15) is 15.4 Å². The zero-order valence-electron chi connectivity index (χ0n) is 47.9. The van der Waals surface area contributed by atoms with E-state index in [0.717, 1.165) is 23.5 Å². The molecule has 1 unspecified atom stereocenters. The second-order valence-corrected chi connectivity index (χ2v) is 20.8. The lowest BCUT2D eigenvalue weighted by molar-refractivity contribution is -0.271. The second-order valence-electron chi connectivity index (χ2n) is 19.1. The van der Waals surface area contributed by atoms with Crippen molar-refractivity contribution in [2.45, 2.75) is 46.9 Å². The SMILES string of the molecule is C=C(CC(=O)OCCOC)OO.C=C(COCc1ccc2c(c1)Oc1cc(OC(=O)CCC(=O)OCCOC)ccc1C21OC(=O)c2cc(SC#N)ccc21)OOCCOC=O.N#CSc1ccc2c(c1)C(=O)OC21c2ccc(O)cc2Oc2cc(O)ccc21. The summed E-state index contributed by atoms with van der Waals surface area (Å²) in [6.45, 7) is 8.25. The molecule has 0 saturated heterocycles. The van der Waals surface area contributed by atoms with Gasteiger partial charge < -0.3 is 72.1 Å². The summed E-state index contributed by atoms with van der Waals surface area (Å²) in [5.41, 5.74) is 1.97. The quantitative estimate of drug-likeness (QED) is 0.00458. The first kappa shape index (κ1) is 65.9. The van der Waals surface area contributed by atoms with Crippen LogP contribution in [0.4, 0.5) is 0 Å². The van der Waals surface area contributed by atoms with E-state index in [2.05, 4.69) is 32.3 Å². The molecular formula is C63H54N2O23S2. The van der Waals surface area contributed by atoms with Crippen molar-refractivity contribution in [1.29, 1.82) is 10.5 Å². The highest BCUT2D eigenvalue weighted by atomic mass is 32.2. The molecule has 466 valence electrons. The lowest BCUT2D eigenvalue weighted by Gasteiger charge is -2.36. The summed E-state index contributed by atoms with van der Waals surface area (Å²) >= 11 is 1.88. The molecule has 0 fully saturated rings. The maximum Gasteiger partial charge on any atom is 0.340 e. The van der Waals surface area contributed by atoms with E-state index in [1.54, 1.807) is 78.9 Å². The Labute approximate surface area is 521 Å². The predicted octanol–water partition coefficient (Wildman–Crippen LogP) is 9.66. The summed E-state index contributed by atoms with van der Waals surface area (Å²) < 4.78 is 59.2. The summed E-state index contributed by atoms with van der Waals surface area (Å²) in [4.78, 5) is 86.5. The molecular weight excluding hydrogens is 1220 g/mol. The third-order valence-electron chi connectivity index (χ3n) is 13.3. The number of carbonyl (C=O) groups is 6. The van der Waals surface area contributed by atoms with E-state index < -0.39 is 41.0 Å². The van der Waals surface area contributed by atoms with E-state index in [0.29, 0.717) is 90.2 Å². The van der Waals surface area contributed by atoms with Gasteiger partial charge in [0, 0.05) is 75.6 Å². The number of aromatic hydroxyl groups is 2. The first-order valence-electron chi connectivity index (χ1n) is 26.8. The smallest absolute Gasteiger partial charge is 0.340 e. The van der Waals surface area contributed by atoms with E-state index in [9.17, 15) is 44.2 Å². The molecule has 0 aromatic heterocycles. The molecule has 0 aliphatic carbocycles. The zero-order chi connectivity index (χ0) is 64.4. The Kier molecular flexibility index (Phi) is 22.5. The molecule has 3 N–H and O–H groups in total. The highest BCUT2D eigenvalue weighted by Crippen LogP contribution is 2.59. The molecule has 4 heterocycles. The second kappa shape index (κ2) is 30.7. The zero-order valence-corrected chi connectivity index (χ0v) is 49.5. The van der Waals surface area contributed by atoms with E-state index in [-0.39, 0.29) is 100 Å². The Morgan fingerprint density at radius 2 is 1.10 bits per heavy atom. The van der Waals surface area contributed by atoms with Gasteiger partial charge in [-0.15, -0.1) is 0 Å². The van der Waals surface area contributed by atoms with Gasteiger partial charge in [0.25, 0.3) is 6.47 Å². The summed E-state index contributed by atoms with van der Waals surface area (Å²) in [6, 6.07) is 29.4. The van der Waals surface area contributed by atoms with Crippen molar-refractivity contribution in [3.8, 4) is 51.0 Å². The number of thioether (sulfide) groups is 2. The largest absolute Gasteiger partial charge is 0.508 e. The molecule has 0 bridgehead atoms. The molecule has 27 heteroatoms. The summed E-state index contributed by atoms with van der Waals surface area (Å²) in [7, 11) is 2.98. The van der Waals surface area contributed by atoms with Gasteiger partial charge in [0.2, 0.25) is 0 Å². The number of rotatable bonds is 25. The number of hydrogen-bond acceptors (Lipinski definition) is 27. The van der Waals surface area contributed by atoms with Crippen LogP contribution in [0.1, 0.15) is 78.9 Å². The van der Waals surface area contributed by atoms with Gasteiger partial charge in [0.1, 0.15) is 96.3 Å². The third-order valence-corrected chi connectivity index (χ3v) is 14.4. The first-order chi connectivity index (χ1) is 43.5. The molecule has 0 saturated carbocycles. The topological polar surface area (TPSA) is 340 Å². The van der Waals surface area contributed by atoms with Crippen LogP contribution in [0.5, 0.6) is 40.2 Å². The number of esters is 5. The van der Waals surface area contributed by atoms with Gasteiger partial charge in [-0.25, -0.2) is 14.8 Å². The van der Waals surface area contributed by atoms with E-state index in [1.165, 1.54) is 44.6 Å². The maximum atomic E-state index is 13.4. The molecule has 2 spiro atoms. The number of thiocyanates is 2. The van der Waals surface area contributed by atoms with E-state index >= 15 is 0 Å². The van der Waals surface area contributed by atoms with E-state index in [1.807, 2.05) is 10.8 Å².